The van der Waals surface area contributed by atoms with Crippen LogP contribution in [0.2, 0.25) is 0 Å². The summed E-state index contributed by atoms with van der Waals surface area (Å²) in [6.07, 6.45) is 0.834. The first kappa shape index (κ1) is 19.0. The predicted molar refractivity (Wildman–Crippen MR) is 89.9 cm³/mol. The van der Waals surface area contributed by atoms with Gasteiger partial charge in [0.1, 0.15) is 17.6 Å². The van der Waals surface area contributed by atoms with Gasteiger partial charge < -0.3 is 20.0 Å². The molecule has 0 aliphatic carbocycles. The van der Waals surface area contributed by atoms with Crippen molar-refractivity contribution in [3.05, 3.63) is 29.8 Å². The summed E-state index contributed by atoms with van der Waals surface area (Å²) in [7, 11) is 0. The van der Waals surface area contributed by atoms with Crippen LogP contribution >= 0.6 is 0 Å². The van der Waals surface area contributed by atoms with Crippen molar-refractivity contribution in [1.82, 2.24) is 5.32 Å². The lowest BCUT2D eigenvalue weighted by molar-refractivity contribution is -0.111. The molecule has 0 radical (unpaired) electrons. The highest BCUT2D eigenvalue weighted by atomic mass is 16.5. The Kier molecular flexibility index (Phi) is 6.19. The van der Waals surface area contributed by atoms with Crippen LogP contribution in [0.1, 0.15) is 46.6 Å². The Labute approximate surface area is 138 Å². The lowest BCUT2D eigenvalue weighted by Gasteiger charge is -2.27. The molecule has 0 aliphatic rings. The molecule has 0 aromatic heterocycles. The topological polar surface area (TPSA) is 75.6 Å². The predicted octanol–water partition coefficient (Wildman–Crippen LogP) is 3.66. The summed E-state index contributed by atoms with van der Waals surface area (Å²) in [5.74, 6) is 0.544. The molecule has 0 saturated carbocycles. The first-order valence-electron chi connectivity index (χ1n) is 7.75. The van der Waals surface area contributed by atoms with E-state index in [4.69, 9.17) is 9.84 Å². The van der Waals surface area contributed by atoms with Crippen LogP contribution in [0.25, 0.3) is 0 Å². The van der Waals surface area contributed by atoms with E-state index >= 15 is 0 Å². The summed E-state index contributed by atoms with van der Waals surface area (Å²) in [5, 5.41) is 11.3. The van der Waals surface area contributed by atoms with Crippen molar-refractivity contribution in [3.63, 3.8) is 0 Å². The zero-order chi connectivity index (χ0) is 17.7. The van der Waals surface area contributed by atoms with E-state index in [1.807, 2.05) is 45.0 Å². The highest BCUT2D eigenvalue weighted by molar-refractivity contribution is 5.65. The number of nitrogens with one attached hydrogen (secondary N) is 1. The highest BCUT2D eigenvalue weighted by Gasteiger charge is 2.25. The maximum atomic E-state index is 11.3. The van der Waals surface area contributed by atoms with Crippen LogP contribution in [0.5, 0.6) is 5.75 Å². The minimum atomic E-state index is -1.08. The van der Waals surface area contributed by atoms with Crippen LogP contribution in [0.15, 0.2) is 24.3 Å². The molecule has 1 aromatic carbocycles. The molecule has 0 spiro atoms. The molecule has 5 heteroatoms. The van der Waals surface area contributed by atoms with Gasteiger partial charge in [0, 0.05) is 11.5 Å². The van der Waals surface area contributed by atoms with Gasteiger partial charge in [0.15, 0.2) is 0 Å². The van der Waals surface area contributed by atoms with Crippen molar-refractivity contribution >= 4 is 12.4 Å². The fourth-order valence-electron chi connectivity index (χ4n) is 2.51. The molecule has 0 saturated heterocycles. The van der Waals surface area contributed by atoms with E-state index in [1.165, 1.54) is 0 Å². The van der Waals surface area contributed by atoms with E-state index in [2.05, 4.69) is 5.32 Å². The molecule has 23 heavy (non-hydrogen) atoms. The van der Waals surface area contributed by atoms with Crippen molar-refractivity contribution in [2.75, 3.05) is 0 Å². The van der Waals surface area contributed by atoms with Gasteiger partial charge in [-0.25, -0.2) is 4.79 Å². The van der Waals surface area contributed by atoms with Gasteiger partial charge in [0.25, 0.3) is 0 Å². The van der Waals surface area contributed by atoms with E-state index in [1.54, 1.807) is 13.8 Å². The summed E-state index contributed by atoms with van der Waals surface area (Å²) < 4.78 is 5.77. The van der Waals surface area contributed by atoms with Crippen LogP contribution in [-0.4, -0.2) is 28.6 Å². The second-order valence-electron chi connectivity index (χ2n) is 7.48. The average Bonchev–Trinajstić information content (AvgIpc) is 2.36. The van der Waals surface area contributed by atoms with Gasteiger partial charge in [-0.15, -0.1) is 0 Å². The lowest BCUT2D eigenvalue weighted by atomic mass is 9.87. The molecular formula is C18H27NO4. The van der Waals surface area contributed by atoms with Crippen LogP contribution < -0.4 is 10.1 Å². The highest BCUT2D eigenvalue weighted by Crippen LogP contribution is 2.22. The minimum absolute atomic E-state index is 0.244. The standard InChI is InChI=1S/C18H27NO4/c1-17(2,3)23-15-8-6-13(7-9-15)10-14(12-20)11-18(4,5)19-16(21)22/h6-9,12,14,19H,10-11H2,1-5H3,(H,21,22)/t14-/m0/s1. The molecule has 0 fully saturated rings. The summed E-state index contributed by atoms with van der Waals surface area (Å²) in [6, 6.07) is 7.66. The Morgan fingerprint density at radius 3 is 2.22 bits per heavy atom. The zero-order valence-corrected chi connectivity index (χ0v) is 14.6. The van der Waals surface area contributed by atoms with Crippen molar-refractivity contribution in [1.29, 1.82) is 0 Å². The second-order valence-corrected chi connectivity index (χ2v) is 7.48. The number of carboxylic acid groups (broad SMARTS) is 1. The maximum absolute atomic E-state index is 11.3. The van der Waals surface area contributed by atoms with E-state index < -0.39 is 11.6 Å². The Morgan fingerprint density at radius 2 is 1.78 bits per heavy atom. The van der Waals surface area contributed by atoms with E-state index in [9.17, 15) is 9.59 Å². The fraction of sp³-hybridized carbons (Fsp3) is 0.556. The summed E-state index contributed by atoms with van der Waals surface area (Å²) in [5.41, 5.74) is 0.126. The van der Waals surface area contributed by atoms with Crippen molar-refractivity contribution in [3.8, 4) is 5.75 Å². The number of hydrogen-bond acceptors (Lipinski definition) is 3. The van der Waals surface area contributed by atoms with E-state index in [-0.39, 0.29) is 11.5 Å². The SMILES string of the molecule is CC(C)(C[C@@H](C=O)Cc1ccc(OC(C)(C)C)cc1)NC(=O)O. The molecule has 1 aromatic rings. The molecular weight excluding hydrogens is 294 g/mol. The summed E-state index contributed by atoms with van der Waals surface area (Å²) >= 11 is 0. The second kappa shape index (κ2) is 7.49. The first-order chi connectivity index (χ1) is 10.5. The third-order valence-electron chi connectivity index (χ3n) is 3.26. The summed E-state index contributed by atoms with van der Waals surface area (Å²) in [4.78, 5) is 22.1. The fourth-order valence-corrected chi connectivity index (χ4v) is 2.51. The number of rotatable bonds is 7. The lowest BCUT2D eigenvalue weighted by Crippen LogP contribution is -2.44. The smallest absolute Gasteiger partial charge is 0.405 e. The van der Waals surface area contributed by atoms with Gasteiger partial charge in [0.05, 0.1) is 0 Å². The quantitative estimate of drug-likeness (QED) is 0.752. The number of carbonyl (C=O) groups excluding carboxylic acids is 1. The molecule has 0 bridgehead atoms. The molecule has 1 amide bonds. The third kappa shape index (κ3) is 7.68. The molecule has 128 valence electrons. The zero-order valence-electron chi connectivity index (χ0n) is 14.6. The minimum Gasteiger partial charge on any atom is -0.488 e. The number of carbonyl (C=O) groups is 2. The maximum Gasteiger partial charge on any atom is 0.405 e. The van der Waals surface area contributed by atoms with Gasteiger partial charge in [0.2, 0.25) is 0 Å². The number of hydrogen-bond donors (Lipinski definition) is 2. The molecule has 0 heterocycles. The average molecular weight is 321 g/mol. The van der Waals surface area contributed by atoms with Gasteiger partial charge in [-0.2, -0.15) is 0 Å². The number of benzene rings is 1. The van der Waals surface area contributed by atoms with Gasteiger partial charge in [-0.1, -0.05) is 12.1 Å². The van der Waals surface area contributed by atoms with Crippen LogP contribution in [0, 0.1) is 5.92 Å². The van der Waals surface area contributed by atoms with Crippen LogP contribution in [-0.2, 0) is 11.2 Å². The van der Waals surface area contributed by atoms with Crippen LogP contribution in [0.3, 0.4) is 0 Å². The number of amides is 1. The molecule has 2 N–H and O–H groups in total. The van der Waals surface area contributed by atoms with Crippen molar-refractivity contribution in [2.45, 2.75) is 58.6 Å². The molecule has 0 aliphatic heterocycles. The van der Waals surface area contributed by atoms with E-state index in [0.717, 1.165) is 17.6 Å². The molecule has 5 nitrogen and oxygen atoms in total. The van der Waals surface area contributed by atoms with Gasteiger partial charge in [-0.3, -0.25) is 0 Å². The Morgan fingerprint density at radius 1 is 1.22 bits per heavy atom. The number of ether oxygens (including phenoxy) is 1. The molecule has 1 atom stereocenters. The number of aldehydes is 1. The molecule has 0 unspecified atom stereocenters. The first-order valence-corrected chi connectivity index (χ1v) is 7.75. The van der Waals surface area contributed by atoms with Crippen molar-refractivity contribution < 1.29 is 19.4 Å². The Balaban J connectivity index is 2.69. The van der Waals surface area contributed by atoms with E-state index in [0.29, 0.717) is 12.8 Å². The Hall–Kier alpha value is -2.04. The summed E-state index contributed by atoms with van der Waals surface area (Å²) in [6.45, 7) is 9.51. The Bertz CT molecular complexity index is 529. The van der Waals surface area contributed by atoms with Gasteiger partial charge >= 0.3 is 6.09 Å². The third-order valence-corrected chi connectivity index (χ3v) is 3.26. The molecule has 1 rings (SSSR count). The van der Waals surface area contributed by atoms with Gasteiger partial charge in [-0.05, 0) is 65.2 Å². The largest absolute Gasteiger partial charge is 0.488 e. The monoisotopic (exact) mass is 321 g/mol. The van der Waals surface area contributed by atoms with Crippen LogP contribution in [0.4, 0.5) is 4.79 Å². The van der Waals surface area contributed by atoms with Crippen molar-refractivity contribution in [2.24, 2.45) is 5.92 Å². The normalized spacial score (nSPS) is 13.3.